The van der Waals surface area contributed by atoms with Gasteiger partial charge in [-0.15, -0.1) is 0 Å². The largest absolute Gasteiger partial charge is 0.456 e. The lowest BCUT2D eigenvalue weighted by Crippen LogP contribution is -1.98. The average molecular weight is 334 g/mol. The van der Waals surface area contributed by atoms with Crippen molar-refractivity contribution in [2.24, 2.45) is 0 Å². The maximum atomic E-state index is 11.3. The second-order valence-corrected chi connectivity index (χ2v) is 5.52. The number of hydrogen-bond donors (Lipinski definition) is 0. The highest BCUT2D eigenvalue weighted by Crippen LogP contribution is 2.42. The number of rotatable bonds is 2. The smallest absolute Gasteiger partial charge is 0.287 e. The maximum Gasteiger partial charge on any atom is 0.287 e. The van der Waals surface area contributed by atoms with Gasteiger partial charge in [0, 0.05) is 5.56 Å². The minimum atomic E-state index is -0.674. The molecule has 1 heterocycles. The van der Waals surface area contributed by atoms with Gasteiger partial charge in [0.05, 0.1) is 27.5 Å². The van der Waals surface area contributed by atoms with Crippen molar-refractivity contribution in [2.45, 2.75) is 0 Å². The lowest BCUT2D eigenvalue weighted by atomic mass is 10.0. The molecule has 1 aliphatic heterocycles. The molecular weight excluding hydrogens is 324 g/mol. The molecule has 0 aliphatic carbocycles. The summed E-state index contributed by atoms with van der Waals surface area (Å²) in [7, 11) is 0. The third-order valence-electron chi connectivity index (χ3n) is 4.08. The van der Waals surface area contributed by atoms with Crippen LogP contribution in [0.1, 0.15) is 11.1 Å². The van der Waals surface area contributed by atoms with Crippen LogP contribution in [-0.4, -0.2) is 9.85 Å². The monoisotopic (exact) mass is 334 g/mol. The Hall–Kier alpha value is -3.74. The first-order chi connectivity index (χ1) is 12.0. The van der Waals surface area contributed by atoms with Crippen molar-refractivity contribution >= 4 is 34.3 Å². The molecule has 0 bridgehead atoms. The van der Waals surface area contributed by atoms with Gasteiger partial charge >= 0.3 is 0 Å². The second-order valence-electron chi connectivity index (χ2n) is 5.52. The van der Waals surface area contributed by atoms with Gasteiger partial charge in [-0.1, -0.05) is 30.3 Å². The molecule has 7 nitrogen and oxygen atoms in total. The van der Waals surface area contributed by atoms with Crippen LogP contribution in [-0.2, 0) is 0 Å². The summed E-state index contributed by atoms with van der Waals surface area (Å²) in [5.74, 6) is 0.578. The van der Waals surface area contributed by atoms with Crippen LogP contribution in [0.2, 0.25) is 0 Å². The molecule has 1 aliphatic rings. The van der Waals surface area contributed by atoms with Gasteiger partial charge in [0.2, 0.25) is 0 Å². The maximum absolute atomic E-state index is 11.3. The van der Waals surface area contributed by atoms with E-state index in [1.165, 1.54) is 6.07 Å². The molecule has 3 aromatic carbocycles. The van der Waals surface area contributed by atoms with E-state index in [4.69, 9.17) is 4.74 Å². The number of fused-ring (bicyclic) bond motifs is 4. The fourth-order valence-corrected chi connectivity index (χ4v) is 2.93. The van der Waals surface area contributed by atoms with Gasteiger partial charge in [0.25, 0.3) is 11.4 Å². The molecule has 0 amide bonds. The topological polar surface area (TPSA) is 95.5 Å². The van der Waals surface area contributed by atoms with E-state index in [2.05, 4.69) is 0 Å². The molecule has 122 valence electrons. The summed E-state index contributed by atoms with van der Waals surface area (Å²) in [6.07, 6.45) is 3.30. The van der Waals surface area contributed by atoms with Crippen molar-refractivity contribution in [3.8, 4) is 11.5 Å². The molecule has 0 radical (unpaired) electrons. The zero-order valence-corrected chi connectivity index (χ0v) is 12.7. The zero-order chi connectivity index (χ0) is 17.6. The number of nitrogens with zero attached hydrogens (tertiary/aromatic N) is 2. The van der Waals surface area contributed by atoms with Gasteiger partial charge in [-0.3, -0.25) is 20.2 Å². The summed E-state index contributed by atoms with van der Waals surface area (Å²) in [5, 5.41) is 24.3. The highest BCUT2D eigenvalue weighted by Gasteiger charge is 2.26. The molecule has 0 spiro atoms. The summed E-state index contributed by atoms with van der Waals surface area (Å²) in [6.45, 7) is 0. The number of hydrogen-bond acceptors (Lipinski definition) is 5. The molecule has 0 unspecified atom stereocenters. The van der Waals surface area contributed by atoms with E-state index >= 15 is 0 Å². The molecule has 7 heteroatoms. The molecule has 0 atom stereocenters. The minimum absolute atomic E-state index is 0.0891. The fraction of sp³-hybridized carbons (Fsp3) is 0. The molecule has 0 aromatic heterocycles. The predicted octanol–water partition coefficient (Wildman–Crippen LogP) is 4.93. The van der Waals surface area contributed by atoms with Gasteiger partial charge in [-0.2, -0.15) is 0 Å². The Morgan fingerprint density at radius 2 is 1.56 bits per heavy atom. The van der Waals surface area contributed by atoms with E-state index in [-0.39, 0.29) is 22.7 Å². The van der Waals surface area contributed by atoms with Crippen molar-refractivity contribution in [1.82, 2.24) is 0 Å². The normalized spacial score (nSPS) is 12.0. The molecular formula is C18H10N2O5. The van der Waals surface area contributed by atoms with Crippen molar-refractivity contribution in [1.29, 1.82) is 0 Å². The highest BCUT2D eigenvalue weighted by molar-refractivity contribution is 5.97. The van der Waals surface area contributed by atoms with Crippen LogP contribution in [0.3, 0.4) is 0 Å². The molecule has 25 heavy (non-hydrogen) atoms. The number of nitro groups is 2. The number of nitro benzene ring substituents is 2. The van der Waals surface area contributed by atoms with Gasteiger partial charge in [0.1, 0.15) is 11.5 Å². The average Bonchev–Trinajstić information content (AvgIpc) is 2.79. The summed E-state index contributed by atoms with van der Waals surface area (Å²) in [5.41, 5.74) is 0.225. The Labute approximate surface area is 141 Å². The van der Waals surface area contributed by atoms with Crippen LogP contribution in [0.15, 0.2) is 48.5 Å². The summed E-state index contributed by atoms with van der Waals surface area (Å²) in [6, 6.07) is 13.5. The number of ether oxygens (including phenoxy) is 1. The van der Waals surface area contributed by atoms with Crippen LogP contribution in [0.4, 0.5) is 11.4 Å². The summed E-state index contributed by atoms with van der Waals surface area (Å²) in [4.78, 5) is 21.1. The standard InChI is InChI=1S/C18H10N2O5/c21-19(22)12-9-16(20(23)24)15-7-6-14-13-4-2-1-3-11(13)5-8-17(14)25-18(15)10-12/h1-10H. The molecule has 0 saturated carbocycles. The van der Waals surface area contributed by atoms with Crippen molar-refractivity contribution in [2.75, 3.05) is 0 Å². The molecule has 0 N–H and O–H groups in total. The second kappa shape index (κ2) is 5.41. The molecule has 0 fully saturated rings. The zero-order valence-electron chi connectivity index (χ0n) is 12.7. The van der Waals surface area contributed by atoms with E-state index in [1.54, 1.807) is 18.2 Å². The first-order valence-corrected chi connectivity index (χ1v) is 7.39. The molecule has 3 aromatic rings. The van der Waals surface area contributed by atoms with Crippen molar-refractivity contribution in [3.05, 3.63) is 79.9 Å². The van der Waals surface area contributed by atoms with E-state index in [0.717, 1.165) is 22.4 Å². The lowest BCUT2D eigenvalue weighted by molar-refractivity contribution is -0.394. The minimum Gasteiger partial charge on any atom is -0.456 e. The Balaban J connectivity index is 1.99. The SMILES string of the molecule is O=[N+]([O-])c1cc2c(c([N+](=O)[O-])c1)C=Cc1c(ccc3ccccc13)O2. The predicted molar refractivity (Wildman–Crippen MR) is 92.7 cm³/mol. The van der Waals surface area contributed by atoms with Crippen LogP contribution >= 0.6 is 0 Å². The van der Waals surface area contributed by atoms with Crippen LogP contribution in [0.5, 0.6) is 11.5 Å². The quantitative estimate of drug-likeness (QED) is 0.382. The van der Waals surface area contributed by atoms with Gasteiger partial charge in [-0.25, -0.2) is 0 Å². The van der Waals surface area contributed by atoms with Gasteiger partial charge in [0.15, 0.2) is 0 Å². The van der Waals surface area contributed by atoms with E-state index in [0.29, 0.717) is 5.75 Å². The summed E-state index contributed by atoms with van der Waals surface area (Å²) >= 11 is 0. The van der Waals surface area contributed by atoms with Crippen LogP contribution in [0.25, 0.3) is 22.9 Å². The summed E-state index contributed by atoms with van der Waals surface area (Å²) < 4.78 is 5.82. The first kappa shape index (κ1) is 14.8. The molecule has 4 rings (SSSR count). The van der Waals surface area contributed by atoms with E-state index in [9.17, 15) is 20.2 Å². The highest BCUT2D eigenvalue weighted by atomic mass is 16.6. The van der Waals surface area contributed by atoms with Gasteiger partial charge < -0.3 is 4.74 Å². The van der Waals surface area contributed by atoms with Crippen molar-refractivity contribution < 1.29 is 14.6 Å². The van der Waals surface area contributed by atoms with E-state index < -0.39 is 9.85 Å². The fourth-order valence-electron chi connectivity index (χ4n) is 2.93. The first-order valence-electron chi connectivity index (χ1n) is 7.39. The molecule has 0 saturated heterocycles. The van der Waals surface area contributed by atoms with Crippen molar-refractivity contribution in [3.63, 3.8) is 0 Å². The van der Waals surface area contributed by atoms with Crippen LogP contribution < -0.4 is 4.74 Å². The van der Waals surface area contributed by atoms with Gasteiger partial charge in [-0.05, 0) is 29.0 Å². The third-order valence-corrected chi connectivity index (χ3v) is 4.08. The van der Waals surface area contributed by atoms with E-state index in [1.807, 2.05) is 30.3 Å². The number of benzene rings is 3. The van der Waals surface area contributed by atoms with Crippen LogP contribution in [0, 0.1) is 20.2 Å². The Morgan fingerprint density at radius 3 is 2.32 bits per heavy atom. The Kier molecular flexibility index (Phi) is 3.21. The Morgan fingerprint density at radius 1 is 0.800 bits per heavy atom. The lowest BCUT2D eigenvalue weighted by Gasteiger charge is -2.10. The third kappa shape index (κ3) is 2.38. The Bertz CT molecular complexity index is 1090. The number of non-ortho nitro benzene ring substituents is 1.